The third-order valence-corrected chi connectivity index (χ3v) is 4.38. The van der Waals surface area contributed by atoms with E-state index in [1.54, 1.807) is 13.8 Å². The van der Waals surface area contributed by atoms with Gasteiger partial charge >= 0.3 is 0 Å². The first kappa shape index (κ1) is 18.0. The smallest absolute Gasteiger partial charge is 0.260 e. The zero-order valence-corrected chi connectivity index (χ0v) is 15.7. The molecule has 2 N–H and O–H groups in total. The fourth-order valence-corrected chi connectivity index (χ4v) is 3.07. The van der Waals surface area contributed by atoms with Crippen molar-refractivity contribution in [1.29, 1.82) is 0 Å². The molecule has 0 amide bonds. The molecule has 2 heterocycles. The average molecular weight is 375 g/mol. The number of fused-ring (bicyclic) bond motifs is 1. The summed E-state index contributed by atoms with van der Waals surface area (Å²) in [5.41, 5.74) is 2.13. The van der Waals surface area contributed by atoms with Crippen LogP contribution < -0.4 is 10.3 Å². The highest BCUT2D eigenvalue weighted by Crippen LogP contribution is 2.30. The number of nitrogens with zero attached hydrogens (tertiary/aromatic N) is 2. The van der Waals surface area contributed by atoms with E-state index in [1.807, 2.05) is 65.4 Å². The van der Waals surface area contributed by atoms with Crippen LogP contribution in [0.1, 0.15) is 13.8 Å². The molecule has 6 heteroatoms. The lowest BCUT2D eigenvalue weighted by Crippen LogP contribution is -2.27. The van der Waals surface area contributed by atoms with Gasteiger partial charge in [-0.05, 0) is 43.7 Å². The van der Waals surface area contributed by atoms with Crippen molar-refractivity contribution < 1.29 is 9.84 Å². The van der Waals surface area contributed by atoms with Crippen molar-refractivity contribution in [2.45, 2.75) is 19.4 Å². The van der Waals surface area contributed by atoms with Crippen LogP contribution in [0.25, 0.3) is 27.8 Å². The Bertz CT molecular complexity index is 1150. The van der Waals surface area contributed by atoms with E-state index in [0.717, 1.165) is 16.8 Å². The number of hydrogen-bond acceptors (Lipinski definition) is 4. The standard InChI is InChI=1S/C22H21N3O3/c1-22(2,27)13-28-17-10-8-15(9-11-17)18-12-25(16-6-4-3-5-7-16)20-19(18)21(26)24-14-23-20/h3-12,14,27H,13H2,1-2H3,(H,23,24,26). The summed E-state index contributed by atoms with van der Waals surface area (Å²) in [6.07, 6.45) is 3.34. The molecule has 0 aliphatic heterocycles. The molecule has 0 bridgehead atoms. The summed E-state index contributed by atoms with van der Waals surface area (Å²) in [4.78, 5) is 19.6. The van der Waals surface area contributed by atoms with E-state index in [-0.39, 0.29) is 12.2 Å². The monoisotopic (exact) mass is 375 g/mol. The molecular weight excluding hydrogens is 354 g/mol. The summed E-state index contributed by atoms with van der Waals surface area (Å²) in [6.45, 7) is 3.58. The van der Waals surface area contributed by atoms with Crippen molar-refractivity contribution in [1.82, 2.24) is 14.5 Å². The summed E-state index contributed by atoms with van der Waals surface area (Å²) in [6, 6.07) is 17.2. The van der Waals surface area contributed by atoms with Crippen molar-refractivity contribution in [3.8, 4) is 22.6 Å². The van der Waals surface area contributed by atoms with Gasteiger partial charge in [-0.2, -0.15) is 0 Å². The molecule has 0 atom stereocenters. The second-order valence-electron chi connectivity index (χ2n) is 7.30. The van der Waals surface area contributed by atoms with Crippen LogP contribution in [0.2, 0.25) is 0 Å². The fourth-order valence-electron chi connectivity index (χ4n) is 3.07. The molecule has 4 rings (SSSR count). The first-order valence-corrected chi connectivity index (χ1v) is 9.02. The minimum Gasteiger partial charge on any atom is -0.491 e. The van der Waals surface area contributed by atoms with Gasteiger partial charge in [-0.25, -0.2) is 4.98 Å². The predicted octanol–water partition coefficient (Wildman–Crippen LogP) is 3.53. The molecule has 142 valence electrons. The summed E-state index contributed by atoms with van der Waals surface area (Å²) in [7, 11) is 0. The SMILES string of the molecule is CC(C)(O)COc1ccc(-c2cn(-c3ccccc3)c3nc[nH]c(=O)c23)cc1. The first-order chi connectivity index (χ1) is 13.4. The van der Waals surface area contributed by atoms with Gasteiger partial charge in [0, 0.05) is 17.4 Å². The number of benzene rings is 2. The number of H-pyrrole nitrogens is 1. The Morgan fingerprint density at radius 1 is 1.11 bits per heavy atom. The van der Waals surface area contributed by atoms with Gasteiger partial charge in [0.1, 0.15) is 12.4 Å². The molecular formula is C22H21N3O3. The van der Waals surface area contributed by atoms with E-state index in [2.05, 4.69) is 9.97 Å². The molecule has 2 aromatic carbocycles. The van der Waals surface area contributed by atoms with Crippen LogP contribution >= 0.6 is 0 Å². The van der Waals surface area contributed by atoms with Crippen LogP contribution in [-0.4, -0.2) is 31.8 Å². The Labute approximate surface area is 162 Å². The molecule has 0 radical (unpaired) electrons. The predicted molar refractivity (Wildman–Crippen MR) is 109 cm³/mol. The number of ether oxygens (including phenoxy) is 1. The topological polar surface area (TPSA) is 80.1 Å². The van der Waals surface area contributed by atoms with Gasteiger partial charge < -0.3 is 19.4 Å². The molecule has 0 unspecified atom stereocenters. The van der Waals surface area contributed by atoms with Crippen LogP contribution in [0.3, 0.4) is 0 Å². The van der Waals surface area contributed by atoms with Gasteiger partial charge in [-0.1, -0.05) is 30.3 Å². The summed E-state index contributed by atoms with van der Waals surface area (Å²) < 4.78 is 7.53. The Balaban J connectivity index is 1.78. The van der Waals surface area contributed by atoms with Crippen LogP contribution in [0.15, 0.2) is 71.9 Å². The number of aliphatic hydroxyl groups is 1. The maximum Gasteiger partial charge on any atom is 0.260 e. The lowest BCUT2D eigenvalue weighted by atomic mass is 10.1. The Morgan fingerprint density at radius 3 is 2.50 bits per heavy atom. The van der Waals surface area contributed by atoms with Gasteiger partial charge in [0.05, 0.1) is 17.3 Å². The van der Waals surface area contributed by atoms with E-state index in [1.165, 1.54) is 6.33 Å². The van der Waals surface area contributed by atoms with E-state index >= 15 is 0 Å². The van der Waals surface area contributed by atoms with Gasteiger partial charge in [-0.15, -0.1) is 0 Å². The summed E-state index contributed by atoms with van der Waals surface area (Å²) in [5, 5.41) is 10.3. The molecule has 6 nitrogen and oxygen atoms in total. The number of nitrogens with one attached hydrogen (secondary N) is 1. The van der Waals surface area contributed by atoms with Crippen molar-refractivity contribution in [3.63, 3.8) is 0 Å². The van der Waals surface area contributed by atoms with E-state index < -0.39 is 5.60 Å². The normalized spacial score (nSPS) is 11.7. The Hall–Kier alpha value is -3.38. The van der Waals surface area contributed by atoms with Crippen molar-refractivity contribution in [2.24, 2.45) is 0 Å². The zero-order chi connectivity index (χ0) is 19.7. The van der Waals surface area contributed by atoms with Gasteiger partial charge in [0.25, 0.3) is 5.56 Å². The minimum atomic E-state index is -0.902. The van der Waals surface area contributed by atoms with Gasteiger partial charge in [0.2, 0.25) is 0 Å². The quantitative estimate of drug-likeness (QED) is 0.559. The highest BCUT2D eigenvalue weighted by atomic mass is 16.5. The molecule has 0 spiro atoms. The Kier molecular flexibility index (Phi) is 4.49. The molecule has 0 aliphatic carbocycles. The van der Waals surface area contributed by atoms with Crippen molar-refractivity contribution >= 4 is 11.0 Å². The average Bonchev–Trinajstić information content (AvgIpc) is 3.08. The van der Waals surface area contributed by atoms with Crippen molar-refractivity contribution in [3.05, 3.63) is 77.5 Å². The minimum absolute atomic E-state index is 0.183. The lowest BCUT2D eigenvalue weighted by molar-refractivity contribution is 0.0285. The third-order valence-electron chi connectivity index (χ3n) is 4.38. The second-order valence-corrected chi connectivity index (χ2v) is 7.30. The van der Waals surface area contributed by atoms with Crippen LogP contribution in [0.4, 0.5) is 0 Å². The largest absolute Gasteiger partial charge is 0.491 e. The first-order valence-electron chi connectivity index (χ1n) is 9.02. The molecule has 2 aromatic heterocycles. The number of hydrogen-bond donors (Lipinski definition) is 2. The molecule has 0 saturated heterocycles. The lowest BCUT2D eigenvalue weighted by Gasteiger charge is -2.17. The summed E-state index contributed by atoms with van der Waals surface area (Å²) >= 11 is 0. The molecule has 0 saturated carbocycles. The fraction of sp³-hybridized carbons (Fsp3) is 0.182. The third kappa shape index (κ3) is 3.54. The molecule has 0 aliphatic rings. The van der Waals surface area contributed by atoms with Gasteiger partial charge in [-0.3, -0.25) is 4.79 Å². The zero-order valence-electron chi connectivity index (χ0n) is 15.7. The van der Waals surface area contributed by atoms with E-state index in [9.17, 15) is 9.90 Å². The number of aromatic nitrogens is 3. The Morgan fingerprint density at radius 2 is 1.82 bits per heavy atom. The highest BCUT2D eigenvalue weighted by molar-refractivity contribution is 5.94. The van der Waals surface area contributed by atoms with E-state index in [4.69, 9.17) is 4.74 Å². The highest BCUT2D eigenvalue weighted by Gasteiger charge is 2.16. The van der Waals surface area contributed by atoms with Crippen LogP contribution in [0, 0.1) is 0 Å². The molecule has 28 heavy (non-hydrogen) atoms. The van der Waals surface area contributed by atoms with Crippen LogP contribution in [-0.2, 0) is 0 Å². The van der Waals surface area contributed by atoms with Crippen molar-refractivity contribution in [2.75, 3.05) is 6.61 Å². The number of para-hydroxylation sites is 1. The number of rotatable bonds is 5. The number of aromatic amines is 1. The maximum absolute atomic E-state index is 12.5. The molecule has 4 aromatic rings. The van der Waals surface area contributed by atoms with E-state index in [0.29, 0.717) is 16.8 Å². The van der Waals surface area contributed by atoms with Crippen LogP contribution in [0.5, 0.6) is 5.75 Å². The molecule has 0 fully saturated rings. The summed E-state index contributed by atoms with van der Waals surface area (Å²) in [5.74, 6) is 0.657. The maximum atomic E-state index is 12.5. The second kappa shape index (κ2) is 6.98. The van der Waals surface area contributed by atoms with Gasteiger partial charge in [0.15, 0.2) is 5.65 Å².